The quantitative estimate of drug-likeness (QED) is 0.623. The normalized spacial score (nSPS) is 28.5. The minimum atomic E-state index is 0.664. The Morgan fingerprint density at radius 1 is 1.06 bits per heavy atom. The van der Waals surface area contributed by atoms with Gasteiger partial charge in [0.05, 0.1) is 26.8 Å². The lowest BCUT2D eigenvalue weighted by Gasteiger charge is -2.41. The fourth-order valence-corrected chi connectivity index (χ4v) is 3.03. The van der Waals surface area contributed by atoms with Gasteiger partial charge in [-0.2, -0.15) is 0 Å². The van der Waals surface area contributed by atoms with Gasteiger partial charge in [-0.25, -0.2) is 0 Å². The third kappa shape index (κ3) is 2.96. The summed E-state index contributed by atoms with van der Waals surface area (Å²) in [7, 11) is 6.01. The van der Waals surface area contributed by atoms with Gasteiger partial charge in [0.1, 0.15) is 12.1 Å². The summed E-state index contributed by atoms with van der Waals surface area (Å²) < 4.78 is 11.9. The molecule has 1 saturated heterocycles. The van der Waals surface area contributed by atoms with E-state index in [0.717, 1.165) is 17.7 Å². The lowest BCUT2D eigenvalue weighted by atomic mass is 10.2. The average molecular weight is 230 g/mol. The highest BCUT2D eigenvalue weighted by molar-refractivity contribution is 4.75. The monoisotopic (exact) mass is 230 g/mol. The maximum absolute atomic E-state index is 5.37. The van der Waals surface area contributed by atoms with Crippen LogP contribution in [0.3, 0.4) is 0 Å². The Balaban J connectivity index is 2.65. The fraction of sp³-hybridized carbons (Fsp3) is 1.00. The first kappa shape index (κ1) is 13.9. The number of quaternary nitrogens is 1. The molecule has 0 amide bonds. The van der Waals surface area contributed by atoms with Gasteiger partial charge in [0.25, 0.3) is 0 Å². The molecule has 1 heterocycles. The molecule has 3 heteroatoms. The number of nitrogens with zero attached hydrogens (tertiary/aromatic N) is 1. The van der Waals surface area contributed by atoms with E-state index < -0.39 is 0 Å². The van der Waals surface area contributed by atoms with E-state index in [2.05, 4.69) is 14.0 Å². The second-order valence-corrected chi connectivity index (χ2v) is 5.22. The predicted octanol–water partition coefficient (Wildman–Crippen LogP) is 2.06. The zero-order chi connectivity index (χ0) is 12.0. The Hall–Kier alpha value is -0.120. The van der Waals surface area contributed by atoms with Crippen LogP contribution >= 0.6 is 0 Å². The highest BCUT2D eigenvalue weighted by atomic mass is 16.5. The van der Waals surface area contributed by atoms with E-state index in [0.29, 0.717) is 12.1 Å². The predicted molar refractivity (Wildman–Crippen MR) is 66.5 cm³/mol. The molecular formula is C13H28NO2+. The summed E-state index contributed by atoms with van der Waals surface area (Å²) >= 11 is 0. The van der Waals surface area contributed by atoms with E-state index in [4.69, 9.17) is 9.47 Å². The minimum Gasteiger partial charge on any atom is -0.379 e. The minimum absolute atomic E-state index is 0.664. The third-order valence-corrected chi connectivity index (χ3v) is 4.21. The first-order valence-corrected chi connectivity index (χ1v) is 6.51. The van der Waals surface area contributed by atoms with Crippen molar-refractivity contribution >= 4 is 0 Å². The lowest BCUT2D eigenvalue weighted by molar-refractivity contribution is -0.944. The van der Waals surface area contributed by atoms with Crippen LogP contribution in [0.4, 0.5) is 0 Å². The van der Waals surface area contributed by atoms with Crippen molar-refractivity contribution in [2.24, 2.45) is 0 Å². The van der Waals surface area contributed by atoms with Crippen molar-refractivity contribution in [3.8, 4) is 0 Å². The molecule has 0 aromatic carbocycles. The molecule has 96 valence electrons. The maximum Gasteiger partial charge on any atom is 0.113 e. The number of unbranched alkanes of at least 4 members (excludes halogenated alkanes) is 1. The van der Waals surface area contributed by atoms with E-state index in [1.165, 1.54) is 32.2 Å². The highest BCUT2D eigenvalue weighted by Gasteiger charge is 2.45. The van der Waals surface area contributed by atoms with Gasteiger partial charge in [-0.05, 0) is 6.42 Å². The van der Waals surface area contributed by atoms with E-state index in [1.807, 2.05) is 14.2 Å². The van der Waals surface area contributed by atoms with Crippen molar-refractivity contribution in [3.05, 3.63) is 0 Å². The molecular weight excluding hydrogens is 202 g/mol. The van der Waals surface area contributed by atoms with Gasteiger partial charge >= 0.3 is 0 Å². The van der Waals surface area contributed by atoms with Crippen molar-refractivity contribution < 1.29 is 14.0 Å². The molecule has 1 aliphatic heterocycles. The van der Waals surface area contributed by atoms with Crippen molar-refractivity contribution in [2.45, 2.75) is 44.7 Å². The van der Waals surface area contributed by atoms with Crippen molar-refractivity contribution in [2.75, 3.05) is 41.0 Å². The Labute approximate surface area is 100 Å². The summed E-state index contributed by atoms with van der Waals surface area (Å²) in [5.41, 5.74) is 0. The molecule has 0 spiro atoms. The molecule has 3 nitrogen and oxygen atoms in total. The van der Waals surface area contributed by atoms with Crippen molar-refractivity contribution in [1.82, 2.24) is 0 Å². The molecule has 0 unspecified atom stereocenters. The van der Waals surface area contributed by atoms with Crippen LogP contribution in [0, 0.1) is 0 Å². The molecule has 0 bridgehead atoms. The fourth-order valence-electron chi connectivity index (χ4n) is 3.03. The summed E-state index contributed by atoms with van der Waals surface area (Å²) in [5, 5.41) is 0. The molecule has 1 rings (SSSR count). The Morgan fingerprint density at radius 2 is 1.56 bits per heavy atom. The second kappa shape index (κ2) is 6.58. The van der Waals surface area contributed by atoms with Gasteiger partial charge in [0.2, 0.25) is 0 Å². The molecule has 0 radical (unpaired) electrons. The molecule has 1 fully saturated rings. The average Bonchev–Trinajstić information content (AvgIpc) is 2.57. The maximum atomic E-state index is 5.37. The molecule has 0 aliphatic carbocycles. The summed E-state index contributed by atoms with van der Waals surface area (Å²) in [5.74, 6) is 0. The smallest absolute Gasteiger partial charge is 0.113 e. The van der Waals surface area contributed by atoms with Gasteiger partial charge < -0.3 is 14.0 Å². The molecule has 0 saturated carbocycles. The number of likely N-dealkylation sites (tertiary alicyclic amines) is 1. The number of rotatable bonds is 7. The summed E-state index contributed by atoms with van der Waals surface area (Å²) in [6.45, 7) is 5.30. The largest absolute Gasteiger partial charge is 0.379 e. The van der Waals surface area contributed by atoms with Crippen molar-refractivity contribution in [1.29, 1.82) is 0 Å². The number of methoxy groups -OCH3 is 2. The van der Waals surface area contributed by atoms with E-state index in [1.54, 1.807) is 0 Å². The Bertz CT molecular complexity index is 182. The Kier molecular flexibility index (Phi) is 5.73. The SMILES string of the molecule is CCCC[N+]1(C)[C@H](COC)CC[C@H]1COC. The third-order valence-electron chi connectivity index (χ3n) is 4.21. The van der Waals surface area contributed by atoms with Crippen LogP contribution in [0.15, 0.2) is 0 Å². The van der Waals surface area contributed by atoms with E-state index in [-0.39, 0.29) is 0 Å². The lowest BCUT2D eigenvalue weighted by Crippen LogP contribution is -2.56. The summed E-state index contributed by atoms with van der Waals surface area (Å²) in [6.07, 6.45) is 5.13. The van der Waals surface area contributed by atoms with Gasteiger partial charge in [-0.1, -0.05) is 13.3 Å². The Morgan fingerprint density at radius 3 is 1.94 bits per heavy atom. The van der Waals surface area contributed by atoms with Gasteiger partial charge in [-0.3, -0.25) is 0 Å². The topological polar surface area (TPSA) is 18.5 Å². The number of likely N-dealkylation sites (N-methyl/N-ethyl adjacent to an activating group) is 1. The highest BCUT2D eigenvalue weighted by Crippen LogP contribution is 2.32. The molecule has 16 heavy (non-hydrogen) atoms. The van der Waals surface area contributed by atoms with Crippen LogP contribution in [0.1, 0.15) is 32.6 Å². The number of hydrogen-bond donors (Lipinski definition) is 0. The standard InChI is InChI=1S/C13H28NO2/c1-5-6-9-14(2)12(10-15-3)7-8-13(14)11-16-4/h12-13H,5-11H2,1-4H3/q+1/t12-,13-/m0/s1. The first-order chi connectivity index (χ1) is 7.69. The van der Waals surface area contributed by atoms with E-state index in [9.17, 15) is 0 Å². The van der Waals surface area contributed by atoms with Crippen LogP contribution in [-0.2, 0) is 9.47 Å². The van der Waals surface area contributed by atoms with Crippen LogP contribution in [0.2, 0.25) is 0 Å². The molecule has 0 aromatic rings. The van der Waals surface area contributed by atoms with Crippen molar-refractivity contribution in [3.63, 3.8) is 0 Å². The molecule has 0 aromatic heterocycles. The first-order valence-electron chi connectivity index (χ1n) is 6.51. The van der Waals surface area contributed by atoms with Crippen LogP contribution in [-0.4, -0.2) is 57.6 Å². The number of ether oxygens (including phenoxy) is 2. The number of hydrogen-bond acceptors (Lipinski definition) is 2. The van der Waals surface area contributed by atoms with Gasteiger partial charge in [0, 0.05) is 27.1 Å². The summed E-state index contributed by atoms with van der Waals surface area (Å²) in [6, 6.07) is 1.33. The van der Waals surface area contributed by atoms with E-state index >= 15 is 0 Å². The summed E-state index contributed by atoms with van der Waals surface area (Å²) in [4.78, 5) is 0. The molecule has 1 aliphatic rings. The zero-order valence-corrected chi connectivity index (χ0v) is 11.4. The van der Waals surface area contributed by atoms with Crippen LogP contribution in [0.25, 0.3) is 0 Å². The molecule has 0 N–H and O–H groups in total. The van der Waals surface area contributed by atoms with Gasteiger partial charge in [-0.15, -0.1) is 0 Å². The van der Waals surface area contributed by atoms with Crippen LogP contribution in [0.5, 0.6) is 0 Å². The zero-order valence-electron chi connectivity index (χ0n) is 11.4. The molecule has 2 atom stereocenters. The van der Waals surface area contributed by atoms with Gasteiger partial charge in [0.15, 0.2) is 0 Å². The second-order valence-electron chi connectivity index (χ2n) is 5.22. The van der Waals surface area contributed by atoms with Crippen LogP contribution < -0.4 is 0 Å².